The first-order chi connectivity index (χ1) is 9.04. The van der Waals surface area contributed by atoms with Gasteiger partial charge in [-0.1, -0.05) is 0 Å². The van der Waals surface area contributed by atoms with Gasteiger partial charge in [0.15, 0.2) is 0 Å². The molecule has 102 valence electrons. The molecule has 0 saturated heterocycles. The molecule has 2 aromatic heterocycles. The minimum absolute atomic E-state index is 0.0283. The first kappa shape index (κ1) is 13.8. The monoisotopic (exact) mass is 279 g/mol. The maximum absolute atomic E-state index is 12.1. The average molecular weight is 279 g/mol. The number of rotatable bonds is 4. The Morgan fingerprint density at radius 3 is 3.00 bits per heavy atom. The number of pyridine rings is 1. The number of aryl methyl sites for hydroxylation is 1. The van der Waals surface area contributed by atoms with Crippen molar-refractivity contribution in [3.8, 4) is 0 Å². The molecule has 0 spiro atoms. The molecule has 2 heterocycles. The van der Waals surface area contributed by atoms with Gasteiger partial charge in [-0.2, -0.15) is 0 Å². The lowest BCUT2D eigenvalue weighted by Gasteiger charge is -2.10. The van der Waals surface area contributed by atoms with E-state index in [4.69, 9.17) is 10.5 Å². The molecule has 1 unspecified atom stereocenters. The number of methoxy groups -OCH3 is 1. The Morgan fingerprint density at radius 2 is 2.37 bits per heavy atom. The SMILES string of the molecule is COC(C)CNC(=O)c1sc2nccc(C)c2c1N. The largest absolute Gasteiger partial charge is 0.397 e. The third-order valence-corrected chi connectivity index (χ3v) is 4.11. The van der Waals surface area contributed by atoms with E-state index in [1.165, 1.54) is 11.3 Å². The summed E-state index contributed by atoms with van der Waals surface area (Å²) >= 11 is 1.32. The maximum Gasteiger partial charge on any atom is 0.263 e. The van der Waals surface area contributed by atoms with Gasteiger partial charge < -0.3 is 15.8 Å². The fourth-order valence-corrected chi connectivity index (χ4v) is 2.83. The molecule has 19 heavy (non-hydrogen) atoms. The van der Waals surface area contributed by atoms with E-state index in [1.807, 2.05) is 19.9 Å². The summed E-state index contributed by atoms with van der Waals surface area (Å²) in [6, 6.07) is 1.89. The number of aromatic nitrogens is 1. The molecule has 5 nitrogen and oxygen atoms in total. The third kappa shape index (κ3) is 2.69. The zero-order chi connectivity index (χ0) is 14.0. The Kier molecular flexibility index (Phi) is 4.01. The second-order valence-electron chi connectivity index (χ2n) is 4.41. The van der Waals surface area contributed by atoms with Crippen molar-refractivity contribution in [2.24, 2.45) is 0 Å². The predicted octanol–water partition coefficient (Wildman–Crippen LogP) is 1.95. The van der Waals surface area contributed by atoms with E-state index >= 15 is 0 Å². The summed E-state index contributed by atoms with van der Waals surface area (Å²) in [5, 5.41) is 3.68. The summed E-state index contributed by atoms with van der Waals surface area (Å²) in [5.41, 5.74) is 7.60. The van der Waals surface area contributed by atoms with Gasteiger partial charge in [-0.05, 0) is 25.5 Å². The second-order valence-corrected chi connectivity index (χ2v) is 5.41. The molecule has 0 saturated carbocycles. The van der Waals surface area contributed by atoms with Crippen molar-refractivity contribution < 1.29 is 9.53 Å². The van der Waals surface area contributed by atoms with Crippen LogP contribution < -0.4 is 11.1 Å². The summed E-state index contributed by atoms with van der Waals surface area (Å²) in [6.07, 6.45) is 1.70. The summed E-state index contributed by atoms with van der Waals surface area (Å²) in [5.74, 6) is -0.177. The highest BCUT2D eigenvalue weighted by molar-refractivity contribution is 7.21. The van der Waals surface area contributed by atoms with Crippen LogP contribution in [0.5, 0.6) is 0 Å². The first-order valence-electron chi connectivity index (χ1n) is 5.99. The number of hydrogen-bond acceptors (Lipinski definition) is 5. The molecule has 0 aromatic carbocycles. The molecule has 0 aliphatic heterocycles. The predicted molar refractivity (Wildman–Crippen MR) is 77.6 cm³/mol. The normalized spacial score (nSPS) is 12.6. The van der Waals surface area contributed by atoms with Gasteiger partial charge in [0.2, 0.25) is 0 Å². The molecular weight excluding hydrogens is 262 g/mol. The van der Waals surface area contributed by atoms with Crippen LogP contribution in [0.4, 0.5) is 5.69 Å². The van der Waals surface area contributed by atoms with E-state index in [9.17, 15) is 4.79 Å². The highest BCUT2D eigenvalue weighted by atomic mass is 32.1. The number of amides is 1. The summed E-state index contributed by atoms with van der Waals surface area (Å²) in [6.45, 7) is 4.30. The van der Waals surface area contributed by atoms with E-state index < -0.39 is 0 Å². The maximum atomic E-state index is 12.1. The minimum atomic E-state index is -0.177. The Morgan fingerprint density at radius 1 is 1.63 bits per heavy atom. The van der Waals surface area contributed by atoms with E-state index in [0.717, 1.165) is 15.8 Å². The molecule has 1 amide bonds. The highest BCUT2D eigenvalue weighted by Gasteiger charge is 2.18. The van der Waals surface area contributed by atoms with Gasteiger partial charge in [0.25, 0.3) is 5.91 Å². The summed E-state index contributed by atoms with van der Waals surface area (Å²) < 4.78 is 5.09. The van der Waals surface area contributed by atoms with Crippen LogP contribution in [0.25, 0.3) is 10.2 Å². The molecule has 1 atom stereocenters. The lowest BCUT2D eigenvalue weighted by atomic mass is 10.2. The van der Waals surface area contributed by atoms with Crippen LogP contribution in [-0.2, 0) is 4.74 Å². The second kappa shape index (κ2) is 5.54. The number of hydrogen-bond donors (Lipinski definition) is 2. The van der Waals surface area contributed by atoms with Crippen LogP contribution in [0.3, 0.4) is 0 Å². The fraction of sp³-hybridized carbons (Fsp3) is 0.385. The molecule has 2 aromatic rings. The molecule has 0 aliphatic carbocycles. The lowest BCUT2D eigenvalue weighted by Crippen LogP contribution is -2.31. The van der Waals surface area contributed by atoms with Crippen LogP contribution in [0.2, 0.25) is 0 Å². The molecular formula is C13H17N3O2S. The van der Waals surface area contributed by atoms with E-state index in [0.29, 0.717) is 17.1 Å². The number of thiophene rings is 1. The Bertz CT molecular complexity index is 609. The number of ether oxygens (including phenoxy) is 1. The van der Waals surface area contributed by atoms with Crippen molar-refractivity contribution in [3.63, 3.8) is 0 Å². The van der Waals surface area contributed by atoms with Gasteiger partial charge in [-0.15, -0.1) is 11.3 Å². The molecule has 3 N–H and O–H groups in total. The number of fused-ring (bicyclic) bond motifs is 1. The van der Waals surface area contributed by atoms with Crippen LogP contribution in [-0.4, -0.2) is 30.6 Å². The van der Waals surface area contributed by atoms with Crippen molar-refractivity contribution >= 4 is 33.1 Å². The number of anilines is 1. The van der Waals surface area contributed by atoms with E-state index in [1.54, 1.807) is 13.3 Å². The zero-order valence-electron chi connectivity index (χ0n) is 11.2. The first-order valence-corrected chi connectivity index (χ1v) is 6.80. The number of carbonyl (C=O) groups excluding carboxylic acids is 1. The van der Waals surface area contributed by atoms with Gasteiger partial charge in [0, 0.05) is 25.2 Å². The number of nitrogens with zero attached hydrogens (tertiary/aromatic N) is 1. The molecule has 0 radical (unpaired) electrons. The lowest BCUT2D eigenvalue weighted by molar-refractivity contribution is 0.0874. The standard InChI is InChI=1S/C13H17N3O2S/c1-7-4-5-15-13-9(7)10(14)11(19-13)12(17)16-6-8(2)18-3/h4-5,8H,6,14H2,1-3H3,(H,16,17). The number of carbonyl (C=O) groups is 1. The third-order valence-electron chi connectivity index (χ3n) is 3.00. The van der Waals surface area contributed by atoms with Gasteiger partial charge in [0.05, 0.1) is 11.8 Å². The molecule has 0 bridgehead atoms. The van der Waals surface area contributed by atoms with Crippen molar-refractivity contribution in [2.45, 2.75) is 20.0 Å². The van der Waals surface area contributed by atoms with E-state index in [2.05, 4.69) is 10.3 Å². The average Bonchev–Trinajstić information content (AvgIpc) is 2.74. The van der Waals surface area contributed by atoms with Crippen molar-refractivity contribution in [3.05, 3.63) is 22.7 Å². The van der Waals surface area contributed by atoms with Gasteiger partial charge in [0.1, 0.15) is 9.71 Å². The van der Waals surface area contributed by atoms with Gasteiger partial charge >= 0.3 is 0 Å². The van der Waals surface area contributed by atoms with Crippen LogP contribution >= 0.6 is 11.3 Å². The molecule has 6 heteroatoms. The molecule has 0 fully saturated rings. The minimum Gasteiger partial charge on any atom is -0.397 e. The van der Waals surface area contributed by atoms with Crippen molar-refractivity contribution in [1.29, 1.82) is 0 Å². The highest BCUT2D eigenvalue weighted by Crippen LogP contribution is 2.34. The fourth-order valence-electron chi connectivity index (χ4n) is 1.77. The molecule has 0 aliphatic rings. The summed E-state index contributed by atoms with van der Waals surface area (Å²) in [4.78, 5) is 17.7. The zero-order valence-corrected chi connectivity index (χ0v) is 12.0. The van der Waals surface area contributed by atoms with Crippen LogP contribution in [0, 0.1) is 6.92 Å². The van der Waals surface area contributed by atoms with Crippen LogP contribution in [0.15, 0.2) is 12.3 Å². The van der Waals surface area contributed by atoms with Crippen LogP contribution in [0.1, 0.15) is 22.2 Å². The molecule has 2 rings (SSSR count). The van der Waals surface area contributed by atoms with Crippen molar-refractivity contribution in [1.82, 2.24) is 10.3 Å². The Balaban J connectivity index is 2.28. The summed E-state index contributed by atoms with van der Waals surface area (Å²) in [7, 11) is 1.61. The van der Waals surface area contributed by atoms with E-state index in [-0.39, 0.29) is 12.0 Å². The smallest absolute Gasteiger partial charge is 0.263 e. The topological polar surface area (TPSA) is 77.2 Å². The van der Waals surface area contributed by atoms with Crippen molar-refractivity contribution in [2.75, 3.05) is 19.4 Å². The number of nitrogens with two attached hydrogens (primary N) is 1. The van der Waals surface area contributed by atoms with Gasteiger partial charge in [-0.25, -0.2) is 4.98 Å². The van der Waals surface area contributed by atoms with Gasteiger partial charge in [-0.3, -0.25) is 4.79 Å². The Hall–Kier alpha value is -1.66. The Labute approximate surface area is 115 Å². The quantitative estimate of drug-likeness (QED) is 0.896. The number of nitrogen functional groups attached to an aromatic ring is 1. The number of nitrogens with one attached hydrogen (secondary N) is 1.